The van der Waals surface area contributed by atoms with Gasteiger partial charge in [-0.1, -0.05) is 26.2 Å². The first-order valence-electron chi connectivity index (χ1n) is 12.2. The number of carboxylic acid groups (broad SMARTS) is 1. The molecule has 8 heteroatoms. The Morgan fingerprint density at radius 2 is 1.82 bits per heavy atom. The molecular weight excluding hydrogens is 485 g/mol. The number of nitrogens with zero attached hydrogens (tertiary/aromatic N) is 1. The number of nitrogen functional groups attached to an aromatic ring is 1. The Morgan fingerprint density at radius 1 is 1.21 bits per heavy atom. The molecule has 5 N–H and O–H groups in total. The van der Waals surface area contributed by atoms with Crippen molar-refractivity contribution in [1.29, 1.82) is 0 Å². The molecule has 1 atom stereocenters. The predicted octanol–water partition coefficient (Wildman–Crippen LogP) is 6.55. The van der Waals surface area contributed by atoms with Gasteiger partial charge in [0.2, 0.25) is 0 Å². The predicted molar refractivity (Wildman–Crippen MR) is 152 cm³/mol. The zero-order chi connectivity index (χ0) is 29.4. The smallest absolute Gasteiger partial charge is 0.309 e. The van der Waals surface area contributed by atoms with Gasteiger partial charge in [-0.05, 0) is 89.3 Å². The van der Waals surface area contributed by atoms with Crippen LogP contribution in [0.4, 0.5) is 10.1 Å². The van der Waals surface area contributed by atoms with Crippen LogP contribution in [0.2, 0.25) is 0 Å². The normalized spacial score (nSPS) is 15.3. The average molecular weight is 526 g/mol. The lowest BCUT2D eigenvalue weighted by Gasteiger charge is -2.29. The number of rotatable bonds is 13. The molecule has 1 aromatic carbocycles. The first kappa shape index (κ1) is 32.1. The van der Waals surface area contributed by atoms with E-state index < -0.39 is 22.6 Å². The van der Waals surface area contributed by atoms with Gasteiger partial charge in [-0.15, -0.1) is 0 Å². The molecular formula is C30H40FN3O4. The summed E-state index contributed by atoms with van der Waals surface area (Å²) in [4.78, 5) is 28.5. The highest BCUT2D eigenvalue weighted by Gasteiger charge is 2.37. The molecule has 0 radical (unpaired) electrons. The summed E-state index contributed by atoms with van der Waals surface area (Å²) in [7, 11) is 0. The molecule has 38 heavy (non-hydrogen) atoms. The van der Waals surface area contributed by atoms with E-state index in [1.807, 2.05) is 19.9 Å². The second-order valence-electron chi connectivity index (χ2n) is 10.2. The second-order valence-corrected chi connectivity index (χ2v) is 10.2. The Morgan fingerprint density at radius 3 is 2.32 bits per heavy atom. The third-order valence-electron chi connectivity index (χ3n) is 6.26. The van der Waals surface area contributed by atoms with E-state index in [0.29, 0.717) is 46.3 Å². The maximum Gasteiger partial charge on any atom is 0.309 e. The minimum absolute atomic E-state index is 0.0543. The molecule has 7 nitrogen and oxygen atoms in total. The van der Waals surface area contributed by atoms with Crippen LogP contribution in [0.5, 0.6) is 0 Å². The summed E-state index contributed by atoms with van der Waals surface area (Å²) in [5.74, 6) is -1.25. The van der Waals surface area contributed by atoms with E-state index in [4.69, 9.17) is 16.2 Å². The first-order valence-corrected chi connectivity index (χ1v) is 12.2. The molecule has 1 rings (SSSR count). The molecule has 0 bridgehead atoms. The van der Waals surface area contributed by atoms with Crippen molar-refractivity contribution in [2.45, 2.75) is 61.3 Å². The highest BCUT2D eigenvalue weighted by molar-refractivity contribution is 6.23. The van der Waals surface area contributed by atoms with E-state index in [-0.39, 0.29) is 23.7 Å². The number of carbonyl (C=O) groups excluding carboxylic acids is 1. The fourth-order valence-electron chi connectivity index (χ4n) is 3.97. The van der Waals surface area contributed by atoms with Crippen molar-refractivity contribution in [3.05, 3.63) is 83.4 Å². The van der Waals surface area contributed by atoms with Crippen LogP contribution >= 0.6 is 0 Å². The van der Waals surface area contributed by atoms with Gasteiger partial charge < -0.3 is 26.1 Å². The molecule has 0 heterocycles. The standard InChI is InChI=1S/C30H40FN3O4/c1-10-11-19(3)26(27(33)34-21(5)20(4)24-13-12-23(31)14-25(24)32)30(9,17-35)22(6)38-16-18(2)15-29(7,8)28(36)37/h11-14,16-17H,4,6,10,15,32-33H2,1-3,5,7-9H3,(H,36,37)/b18-16+,19-11+,27-26+,34-21+. The van der Waals surface area contributed by atoms with Crippen LogP contribution in [0.15, 0.2) is 77.0 Å². The van der Waals surface area contributed by atoms with Gasteiger partial charge in [0.1, 0.15) is 29.1 Å². The molecule has 0 fully saturated rings. The second kappa shape index (κ2) is 13.0. The molecule has 1 aromatic rings. The Balaban J connectivity index is 3.54. The van der Waals surface area contributed by atoms with Crippen molar-refractivity contribution in [2.24, 2.45) is 21.6 Å². The first-order chi connectivity index (χ1) is 17.5. The Kier molecular flexibility index (Phi) is 11.0. The molecule has 0 spiro atoms. The van der Waals surface area contributed by atoms with Gasteiger partial charge in [-0.3, -0.25) is 4.79 Å². The van der Waals surface area contributed by atoms with Gasteiger partial charge in [0.25, 0.3) is 0 Å². The van der Waals surface area contributed by atoms with Gasteiger partial charge in [-0.25, -0.2) is 9.38 Å². The number of anilines is 1. The maximum absolute atomic E-state index is 13.5. The number of allylic oxidation sites excluding steroid dienone is 5. The quantitative estimate of drug-likeness (QED) is 0.0881. The Hall–Kier alpha value is -3.94. The highest BCUT2D eigenvalue weighted by atomic mass is 19.1. The molecule has 0 aliphatic carbocycles. The zero-order valence-electron chi connectivity index (χ0n) is 23.4. The van der Waals surface area contributed by atoms with Crippen molar-refractivity contribution in [3.8, 4) is 0 Å². The number of halogens is 1. The molecule has 0 aliphatic heterocycles. The number of nitrogens with two attached hydrogens (primary N) is 2. The lowest BCUT2D eigenvalue weighted by atomic mass is 9.78. The topological polar surface area (TPSA) is 128 Å². The number of aliphatic carboxylic acids is 1. The number of carboxylic acids is 1. The van der Waals surface area contributed by atoms with E-state index in [1.54, 1.807) is 34.6 Å². The molecule has 0 amide bonds. The van der Waals surface area contributed by atoms with E-state index in [9.17, 15) is 19.1 Å². The van der Waals surface area contributed by atoms with Gasteiger partial charge in [0.15, 0.2) is 0 Å². The number of hydrogen-bond donors (Lipinski definition) is 3. The number of hydrogen-bond acceptors (Lipinski definition) is 6. The summed E-state index contributed by atoms with van der Waals surface area (Å²) in [6, 6.07) is 3.99. The maximum atomic E-state index is 13.5. The minimum atomic E-state index is -1.39. The number of aldehydes is 1. The molecule has 0 saturated heterocycles. The van der Waals surface area contributed by atoms with E-state index >= 15 is 0 Å². The fraction of sp³-hybridized carbons (Fsp3) is 0.367. The summed E-state index contributed by atoms with van der Waals surface area (Å²) in [5.41, 5.74) is 13.4. The summed E-state index contributed by atoms with van der Waals surface area (Å²) in [5, 5.41) is 9.39. The minimum Gasteiger partial charge on any atom is -0.481 e. The van der Waals surface area contributed by atoms with Crippen LogP contribution in [0, 0.1) is 16.6 Å². The van der Waals surface area contributed by atoms with Gasteiger partial charge in [-0.2, -0.15) is 0 Å². The van der Waals surface area contributed by atoms with Crippen molar-refractivity contribution in [3.63, 3.8) is 0 Å². The van der Waals surface area contributed by atoms with Gasteiger partial charge in [0.05, 0.1) is 11.7 Å². The summed E-state index contributed by atoms with van der Waals surface area (Å²) in [6.07, 6.45) is 4.91. The molecule has 0 aliphatic rings. The van der Waals surface area contributed by atoms with Crippen LogP contribution in [0.3, 0.4) is 0 Å². The van der Waals surface area contributed by atoms with E-state index in [0.717, 1.165) is 0 Å². The summed E-state index contributed by atoms with van der Waals surface area (Å²) >= 11 is 0. The largest absolute Gasteiger partial charge is 0.481 e. The SMILES string of the molecule is C=C(/C(C)=N/C(N)=C(\C(C)=C\CC)C(C)(C=O)C(=C)O/C=C(\C)CC(C)(C)C(=O)O)c1ccc(F)cc1N. The van der Waals surface area contributed by atoms with Gasteiger partial charge >= 0.3 is 5.97 Å². The number of ether oxygens (including phenoxy) is 1. The highest BCUT2D eigenvalue weighted by Crippen LogP contribution is 2.39. The van der Waals surface area contributed by atoms with E-state index in [2.05, 4.69) is 18.2 Å². The van der Waals surface area contributed by atoms with Gasteiger partial charge in [0, 0.05) is 22.5 Å². The summed E-state index contributed by atoms with van der Waals surface area (Å²) in [6.45, 7) is 20.1. The number of aliphatic imine (C=N–C) groups is 1. The summed E-state index contributed by atoms with van der Waals surface area (Å²) < 4.78 is 19.3. The lowest BCUT2D eigenvalue weighted by molar-refractivity contribution is -0.146. The number of benzene rings is 1. The van der Waals surface area contributed by atoms with Crippen molar-refractivity contribution in [1.82, 2.24) is 0 Å². The Labute approximate surface area is 225 Å². The van der Waals surface area contributed by atoms with Crippen LogP contribution in [-0.2, 0) is 14.3 Å². The zero-order valence-corrected chi connectivity index (χ0v) is 23.4. The van der Waals surface area contributed by atoms with Crippen molar-refractivity contribution in [2.75, 3.05) is 5.73 Å². The van der Waals surface area contributed by atoms with Crippen LogP contribution < -0.4 is 11.5 Å². The van der Waals surface area contributed by atoms with Crippen LogP contribution in [-0.4, -0.2) is 23.1 Å². The number of carbonyl (C=O) groups is 2. The average Bonchev–Trinajstić information content (AvgIpc) is 2.81. The third-order valence-corrected chi connectivity index (χ3v) is 6.26. The molecule has 0 saturated carbocycles. The fourth-order valence-corrected chi connectivity index (χ4v) is 3.97. The monoisotopic (exact) mass is 525 g/mol. The molecule has 206 valence electrons. The van der Waals surface area contributed by atoms with Crippen molar-refractivity contribution >= 4 is 29.2 Å². The third kappa shape index (κ3) is 7.78. The Bertz CT molecular complexity index is 1240. The molecule has 1 unspecified atom stereocenters. The van der Waals surface area contributed by atoms with Crippen LogP contribution in [0.1, 0.15) is 66.9 Å². The van der Waals surface area contributed by atoms with E-state index in [1.165, 1.54) is 24.5 Å². The lowest BCUT2D eigenvalue weighted by Crippen LogP contribution is -2.28. The van der Waals surface area contributed by atoms with Crippen LogP contribution in [0.25, 0.3) is 5.57 Å². The van der Waals surface area contributed by atoms with Crippen molar-refractivity contribution < 1.29 is 23.8 Å². The molecule has 0 aromatic heterocycles.